The third kappa shape index (κ3) is 3.98. The molecule has 6 nitrogen and oxygen atoms in total. The topological polar surface area (TPSA) is 64.9 Å². The molecule has 0 fully saturated rings. The largest absolute Gasteiger partial charge is 0.492 e. The number of rotatable bonds is 7. The van der Waals surface area contributed by atoms with Crippen molar-refractivity contribution in [1.82, 2.24) is 20.2 Å². The Balaban J connectivity index is 2.17. The van der Waals surface area contributed by atoms with E-state index in [4.69, 9.17) is 27.9 Å². The van der Waals surface area contributed by atoms with E-state index in [0.29, 0.717) is 34.9 Å². The van der Waals surface area contributed by atoms with E-state index < -0.39 is 0 Å². The van der Waals surface area contributed by atoms with Gasteiger partial charge in [-0.3, -0.25) is 0 Å². The summed E-state index contributed by atoms with van der Waals surface area (Å²) in [6, 6.07) is 3.48. The van der Waals surface area contributed by atoms with Crippen LogP contribution in [0.1, 0.15) is 25.8 Å². The highest BCUT2D eigenvalue weighted by atomic mass is 35.5. The number of aromatic nitrogens is 4. The van der Waals surface area contributed by atoms with Crippen LogP contribution in [0.2, 0.25) is 10.0 Å². The molecule has 0 aliphatic carbocycles. The Morgan fingerprint density at radius 3 is 2.81 bits per heavy atom. The maximum Gasteiger partial charge on any atom is 0.243 e. The molecule has 0 radical (unpaired) electrons. The van der Waals surface area contributed by atoms with Gasteiger partial charge in [-0.25, -0.2) is 4.68 Å². The second kappa shape index (κ2) is 7.47. The van der Waals surface area contributed by atoms with Gasteiger partial charge in [0.2, 0.25) is 5.95 Å². The summed E-state index contributed by atoms with van der Waals surface area (Å²) in [5.74, 6) is 1.24. The lowest BCUT2D eigenvalue weighted by Gasteiger charge is -2.13. The lowest BCUT2D eigenvalue weighted by atomic mass is 10.2. The van der Waals surface area contributed by atoms with Crippen molar-refractivity contribution in [2.24, 2.45) is 0 Å². The van der Waals surface area contributed by atoms with Gasteiger partial charge in [-0.05, 0) is 35.9 Å². The van der Waals surface area contributed by atoms with Gasteiger partial charge in [0, 0.05) is 23.7 Å². The zero-order valence-electron chi connectivity index (χ0n) is 11.9. The minimum Gasteiger partial charge on any atom is -0.492 e. The smallest absolute Gasteiger partial charge is 0.243 e. The SMILES string of the molecule is CCCn1nnnc1NCc1cc(Cl)cc(Cl)c1OCC. The summed E-state index contributed by atoms with van der Waals surface area (Å²) in [7, 11) is 0. The second-order valence-corrected chi connectivity index (χ2v) is 5.23. The van der Waals surface area contributed by atoms with E-state index in [-0.39, 0.29) is 0 Å². The zero-order valence-corrected chi connectivity index (χ0v) is 13.4. The van der Waals surface area contributed by atoms with Crippen LogP contribution in [0.5, 0.6) is 5.75 Å². The number of nitrogens with one attached hydrogen (secondary N) is 1. The Morgan fingerprint density at radius 2 is 2.10 bits per heavy atom. The van der Waals surface area contributed by atoms with Gasteiger partial charge in [-0.15, -0.1) is 0 Å². The summed E-state index contributed by atoms with van der Waals surface area (Å²) < 4.78 is 7.30. The molecule has 0 bridgehead atoms. The number of ether oxygens (including phenoxy) is 1. The molecule has 0 aliphatic heterocycles. The van der Waals surface area contributed by atoms with Gasteiger partial charge in [0.1, 0.15) is 5.75 Å². The summed E-state index contributed by atoms with van der Waals surface area (Å²) in [5.41, 5.74) is 0.861. The van der Waals surface area contributed by atoms with Crippen molar-refractivity contribution in [3.63, 3.8) is 0 Å². The first-order valence-corrected chi connectivity index (χ1v) is 7.52. The molecule has 114 valence electrons. The first-order valence-electron chi connectivity index (χ1n) is 6.76. The van der Waals surface area contributed by atoms with Crippen LogP contribution < -0.4 is 10.1 Å². The van der Waals surface area contributed by atoms with Gasteiger partial charge in [0.25, 0.3) is 0 Å². The molecule has 21 heavy (non-hydrogen) atoms. The van der Waals surface area contributed by atoms with Crippen LogP contribution in [0, 0.1) is 0 Å². The Morgan fingerprint density at radius 1 is 1.29 bits per heavy atom. The standard InChI is InChI=1S/C13H17Cl2N5O/c1-3-5-20-13(17-18-19-20)16-8-9-6-10(14)7-11(15)12(9)21-4-2/h6-7H,3-5,8H2,1-2H3,(H,16,17,19). The molecule has 2 aromatic rings. The molecule has 1 heterocycles. The molecule has 0 saturated heterocycles. The monoisotopic (exact) mass is 329 g/mol. The van der Waals surface area contributed by atoms with Gasteiger partial charge in [-0.1, -0.05) is 35.2 Å². The highest BCUT2D eigenvalue weighted by molar-refractivity contribution is 6.35. The minimum absolute atomic E-state index is 0.472. The quantitative estimate of drug-likeness (QED) is 0.843. The number of hydrogen-bond acceptors (Lipinski definition) is 5. The third-order valence-electron chi connectivity index (χ3n) is 2.78. The van der Waals surface area contributed by atoms with E-state index in [1.807, 2.05) is 13.0 Å². The summed E-state index contributed by atoms with van der Waals surface area (Å²) in [4.78, 5) is 0. The number of hydrogen-bond donors (Lipinski definition) is 1. The van der Waals surface area contributed by atoms with Gasteiger partial charge in [0.15, 0.2) is 0 Å². The molecule has 0 aliphatic rings. The molecule has 1 aromatic heterocycles. The van der Waals surface area contributed by atoms with Gasteiger partial charge >= 0.3 is 0 Å². The zero-order chi connectivity index (χ0) is 15.2. The van der Waals surface area contributed by atoms with E-state index >= 15 is 0 Å². The van der Waals surface area contributed by atoms with Gasteiger partial charge in [0.05, 0.1) is 11.6 Å². The number of benzene rings is 1. The number of tetrazole rings is 1. The Bertz CT molecular complexity index is 602. The maximum absolute atomic E-state index is 6.17. The van der Waals surface area contributed by atoms with E-state index in [2.05, 4.69) is 27.8 Å². The molecule has 0 amide bonds. The van der Waals surface area contributed by atoms with Crippen molar-refractivity contribution >= 4 is 29.2 Å². The van der Waals surface area contributed by atoms with Crippen molar-refractivity contribution in [3.8, 4) is 5.75 Å². The van der Waals surface area contributed by atoms with Crippen LogP contribution in [0.4, 0.5) is 5.95 Å². The fourth-order valence-corrected chi connectivity index (χ4v) is 2.51. The molecule has 0 saturated carbocycles. The summed E-state index contributed by atoms with van der Waals surface area (Å²) >= 11 is 12.2. The fraction of sp³-hybridized carbons (Fsp3) is 0.462. The Hall–Kier alpha value is -1.53. The Labute approximate surface area is 133 Å². The minimum atomic E-state index is 0.472. The van der Waals surface area contributed by atoms with Crippen LogP contribution in [-0.2, 0) is 13.1 Å². The van der Waals surface area contributed by atoms with Gasteiger partial charge < -0.3 is 10.1 Å². The lowest BCUT2D eigenvalue weighted by molar-refractivity contribution is 0.337. The van der Waals surface area contributed by atoms with Crippen molar-refractivity contribution in [1.29, 1.82) is 0 Å². The van der Waals surface area contributed by atoms with E-state index in [1.165, 1.54) is 0 Å². The second-order valence-electron chi connectivity index (χ2n) is 4.39. The molecule has 2 rings (SSSR count). The van der Waals surface area contributed by atoms with E-state index in [0.717, 1.165) is 18.5 Å². The third-order valence-corrected chi connectivity index (χ3v) is 3.28. The first kappa shape index (κ1) is 15.9. The number of nitrogens with zero attached hydrogens (tertiary/aromatic N) is 4. The molecule has 1 N–H and O–H groups in total. The predicted molar refractivity (Wildman–Crippen MR) is 83.1 cm³/mol. The van der Waals surface area contributed by atoms with Crippen molar-refractivity contribution in [2.45, 2.75) is 33.4 Å². The number of halogens is 2. The van der Waals surface area contributed by atoms with Crippen molar-refractivity contribution in [3.05, 3.63) is 27.7 Å². The maximum atomic E-state index is 6.17. The average molecular weight is 330 g/mol. The molecule has 1 aromatic carbocycles. The predicted octanol–water partition coefficient (Wildman–Crippen LogP) is 3.40. The highest BCUT2D eigenvalue weighted by Crippen LogP contribution is 2.32. The first-order chi connectivity index (χ1) is 10.2. The van der Waals surface area contributed by atoms with Crippen molar-refractivity contribution in [2.75, 3.05) is 11.9 Å². The molecular weight excluding hydrogens is 313 g/mol. The van der Waals surface area contributed by atoms with Gasteiger partial charge in [-0.2, -0.15) is 0 Å². The Kier molecular flexibility index (Phi) is 5.64. The summed E-state index contributed by atoms with van der Waals surface area (Å²) in [6.45, 7) is 5.73. The van der Waals surface area contributed by atoms with E-state index in [1.54, 1.807) is 10.7 Å². The van der Waals surface area contributed by atoms with Crippen molar-refractivity contribution < 1.29 is 4.74 Å². The van der Waals surface area contributed by atoms with Crippen LogP contribution in [0.25, 0.3) is 0 Å². The highest BCUT2D eigenvalue weighted by Gasteiger charge is 2.12. The fourth-order valence-electron chi connectivity index (χ4n) is 1.92. The average Bonchev–Trinajstić information content (AvgIpc) is 2.88. The van der Waals surface area contributed by atoms with Crippen LogP contribution >= 0.6 is 23.2 Å². The van der Waals surface area contributed by atoms with Crippen LogP contribution in [0.15, 0.2) is 12.1 Å². The molecule has 0 atom stereocenters. The summed E-state index contributed by atoms with van der Waals surface area (Å²) in [5, 5.41) is 15.8. The number of anilines is 1. The molecule has 8 heteroatoms. The molecular formula is C13H17Cl2N5O. The summed E-state index contributed by atoms with van der Waals surface area (Å²) in [6.07, 6.45) is 0.951. The van der Waals surface area contributed by atoms with Crippen LogP contribution in [-0.4, -0.2) is 26.8 Å². The lowest BCUT2D eigenvalue weighted by Crippen LogP contribution is -2.10. The van der Waals surface area contributed by atoms with E-state index in [9.17, 15) is 0 Å². The molecule has 0 unspecified atom stereocenters. The normalized spacial score (nSPS) is 10.7. The number of aryl methyl sites for hydroxylation is 1. The van der Waals surface area contributed by atoms with Crippen LogP contribution in [0.3, 0.4) is 0 Å². The molecule has 0 spiro atoms.